The van der Waals surface area contributed by atoms with Gasteiger partial charge in [0.05, 0.1) is 28.0 Å². The molecule has 0 radical (unpaired) electrons. The summed E-state index contributed by atoms with van der Waals surface area (Å²) in [5.74, 6) is 0.401. The fraction of sp³-hybridized carbons (Fsp3) is 0.417. The normalized spacial score (nSPS) is 15.0. The molecular formula is C24H30N4O4S2. The highest BCUT2D eigenvalue weighted by molar-refractivity contribution is 7.91. The second-order valence-corrected chi connectivity index (χ2v) is 11.5. The molecule has 2 heterocycles. The number of benzene rings is 2. The number of aryl methyl sites for hydroxylation is 1. The van der Waals surface area contributed by atoms with Crippen molar-refractivity contribution in [3.05, 3.63) is 47.5 Å². The van der Waals surface area contributed by atoms with E-state index in [1.165, 1.54) is 11.6 Å². The van der Waals surface area contributed by atoms with Crippen molar-refractivity contribution < 1.29 is 17.9 Å². The molecule has 3 aromatic rings. The van der Waals surface area contributed by atoms with Gasteiger partial charge in [0.2, 0.25) is 0 Å². The van der Waals surface area contributed by atoms with Crippen molar-refractivity contribution in [3.63, 3.8) is 0 Å². The molecule has 4 rings (SSSR count). The maximum absolute atomic E-state index is 12.7. The molecule has 1 saturated heterocycles. The number of carbonyl (C=O) groups excluding carboxylic acids is 1. The van der Waals surface area contributed by atoms with Gasteiger partial charge in [-0.05, 0) is 30.7 Å². The first-order chi connectivity index (χ1) is 16.3. The number of sulfone groups is 1. The average molecular weight is 503 g/mol. The third-order valence-corrected chi connectivity index (χ3v) is 9.15. The number of carbonyl (C=O) groups is 1. The highest BCUT2D eigenvalue weighted by Gasteiger charge is 2.23. The van der Waals surface area contributed by atoms with Crippen LogP contribution in [0.1, 0.15) is 22.8 Å². The Labute approximate surface area is 204 Å². The van der Waals surface area contributed by atoms with Crippen LogP contribution >= 0.6 is 11.3 Å². The molecule has 182 valence electrons. The molecule has 1 amide bonds. The van der Waals surface area contributed by atoms with E-state index < -0.39 is 9.84 Å². The Hall–Kier alpha value is -2.69. The van der Waals surface area contributed by atoms with Crippen molar-refractivity contribution in [2.24, 2.45) is 0 Å². The van der Waals surface area contributed by atoms with E-state index in [4.69, 9.17) is 9.72 Å². The number of amides is 1. The van der Waals surface area contributed by atoms with Crippen LogP contribution < -0.4 is 15.0 Å². The number of thiazole rings is 1. The third-order valence-electron chi connectivity index (χ3n) is 6.12. The summed E-state index contributed by atoms with van der Waals surface area (Å²) >= 11 is 1.70. The SMILES string of the molecule is CCS(=O)(=O)c1ccccc1C(=O)NCCN1CCN(c2nc3c(OC)ccc(C)c3s2)CC1. The standard InChI is InChI=1S/C24H30N4O4S2/c1-4-34(30,31)20-8-6-5-7-18(20)23(29)25-11-12-27-13-15-28(16-14-27)24-26-21-19(32-3)10-9-17(2)22(21)33-24/h5-10H,4,11-16H2,1-3H3,(H,25,29). The number of hydrogen-bond acceptors (Lipinski definition) is 8. The molecule has 0 saturated carbocycles. The summed E-state index contributed by atoms with van der Waals surface area (Å²) in [4.78, 5) is 22.2. The largest absolute Gasteiger partial charge is 0.494 e. The average Bonchev–Trinajstić information content (AvgIpc) is 3.31. The zero-order valence-corrected chi connectivity index (χ0v) is 21.3. The summed E-state index contributed by atoms with van der Waals surface area (Å²) in [6, 6.07) is 10.4. The second kappa shape index (κ2) is 10.3. The third kappa shape index (κ3) is 5.03. The Bertz CT molecular complexity index is 1280. The number of nitrogens with zero attached hydrogens (tertiary/aromatic N) is 3. The predicted octanol–water partition coefficient (Wildman–Crippen LogP) is 2.96. The van der Waals surface area contributed by atoms with E-state index in [1.807, 2.05) is 6.07 Å². The summed E-state index contributed by atoms with van der Waals surface area (Å²) in [5, 5.41) is 3.88. The number of nitrogens with one attached hydrogen (secondary N) is 1. The lowest BCUT2D eigenvalue weighted by Crippen LogP contribution is -2.48. The zero-order valence-electron chi connectivity index (χ0n) is 19.7. The highest BCUT2D eigenvalue weighted by Crippen LogP contribution is 2.36. The summed E-state index contributed by atoms with van der Waals surface area (Å²) in [5.41, 5.74) is 2.32. The zero-order chi connectivity index (χ0) is 24.3. The topological polar surface area (TPSA) is 91.8 Å². The first-order valence-corrected chi connectivity index (χ1v) is 13.8. The van der Waals surface area contributed by atoms with Crippen molar-refractivity contribution >= 4 is 42.4 Å². The van der Waals surface area contributed by atoms with Gasteiger partial charge in [0.15, 0.2) is 15.0 Å². The van der Waals surface area contributed by atoms with Gasteiger partial charge < -0.3 is 15.0 Å². The monoisotopic (exact) mass is 502 g/mol. The Morgan fingerprint density at radius 3 is 2.59 bits per heavy atom. The maximum atomic E-state index is 12.7. The molecule has 0 unspecified atom stereocenters. The molecule has 0 spiro atoms. The second-order valence-electron chi connectivity index (χ2n) is 8.24. The van der Waals surface area contributed by atoms with Gasteiger partial charge in [-0.15, -0.1) is 0 Å². The number of hydrogen-bond donors (Lipinski definition) is 1. The molecule has 1 N–H and O–H groups in total. The molecule has 10 heteroatoms. The van der Waals surface area contributed by atoms with Gasteiger partial charge in [-0.25, -0.2) is 13.4 Å². The van der Waals surface area contributed by atoms with Crippen molar-refractivity contribution in [3.8, 4) is 5.75 Å². The van der Waals surface area contributed by atoms with Crippen molar-refractivity contribution in [1.29, 1.82) is 0 Å². The first kappa shape index (κ1) is 24.4. The number of fused-ring (bicyclic) bond motifs is 1. The summed E-state index contributed by atoms with van der Waals surface area (Å²) in [6.45, 7) is 8.26. The van der Waals surface area contributed by atoms with Crippen LogP contribution in [0.4, 0.5) is 5.13 Å². The molecule has 2 aromatic carbocycles. The number of aromatic nitrogens is 1. The van der Waals surface area contributed by atoms with Crippen LogP contribution in [-0.4, -0.2) is 76.3 Å². The summed E-state index contributed by atoms with van der Waals surface area (Å²) in [6.07, 6.45) is 0. The number of piperazine rings is 1. The number of rotatable bonds is 8. The van der Waals surface area contributed by atoms with Crippen LogP contribution in [0.3, 0.4) is 0 Å². The van der Waals surface area contributed by atoms with Gasteiger partial charge in [0.1, 0.15) is 11.3 Å². The fourth-order valence-electron chi connectivity index (χ4n) is 4.06. The van der Waals surface area contributed by atoms with Crippen LogP contribution in [-0.2, 0) is 9.84 Å². The van der Waals surface area contributed by atoms with Gasteiger partial charge in [-0.1, -0.05) is 36.5 Å². The molecule has 34 heavy (non-hydrogen) atoms. The fourth-order valence-corrected chi connectivity index (χ4v) is 6.26. The van der Waals surface area contributed by atoms with E-state index in [0.29, 0.717) is 13.1 Å². The molecular weight excluding hydrogens is 472 g/mol. The van der Waals surface area contributed by atoms with Gasteiger partial charge in [-0.3, -0.25) is 9.69 Å². The lowest BCUT2D eigenvalue weighted by molar-refractivity contribution is 0.0944. The van der Waals surface area contributed by atoms with Crippen LogP contribution in [0, 0.1) is 6.92 Å². The Morgan fingerprint density at radius 1 is 1.15 bits per heavy atom. The van der Waals surface area contributed by atoms with Gasteiger partial charge in [-0.2, -0.15) is 0 Å². The Morgan fingerprint density at radius 2 is 1.88 bits per heavy atom. The quantitative estimate of drug-likeness (QED) is 0.506. The molecule has 0 atom stereocenters. The van der Waals surface area contributed by atoms with Crippen molar-refractivity contribution in [2.45, 2.75) is 18.7 Å². The molecule has 1 aliphatic rings. The van der Waals surface area contributed by atoms with E-state index in [2.05, 4.69) is 28.1 Å². The minimum Gasteiger partial charge on any atom is -0.494 e. The van der Waals surface area contributed by atoms with E-state index in [9.17, 15) is 13.2 Å². The van der Waals surface area contributed by atoms with Gasteiger partial charge >= 0.3 is 0 Å². The minimum absolute atomic E-state index is 0.0391. The number of ether oxygens (including phenoxy) is 1. The first-order valence-electron chi connectivity index (χ1n) is 11.4. The van der Waals surface area contributed by atoms with Gasteiger partial charge in [0, 0.05) is 39.3 Å². The lowest BCUT2D eigenvalue weighted by Gasteiger charge is -2.34. The molecule has 1 aliphatic heterocycles. The van der Waals surface area contributed by atoms with Crippen LogP contribution in [0.5, 0.6) is 5.75 Å². The number of anilines is 1. The molecule has 1 fully saturated rings. The Balaban J connectivity index is 1.32. The van der Waals surface area contributed by atoms with Crippen LogP contribution in [0.15, 0.2) is 41.3 Å². The lowest BCUT2D eigenvalue weighted by atomic mass is 10.2. The van der Waals surface area contributed by atoms with E-state index in [1.54, 1.807) is 43.6 Å². The van der Waals surface area contributed by atoms with Crippen molar-refractivity contribution in [2.75, 3.05) is 57.0 Å². The molecule has 0 bridgehead atoms. The van der Waals surface area contributed by atoms with Crippen molar-refractivity contribution in [1.82, 2.24) is 15.2 Å². The maximum Gasteiger partial charge on any atom is 0.252 e. The van der Waals surface area contributed by atoms with Crippen LogP contribution in [0.2, 0.25) is 0 Å². The predicted molar refractivity (Wildman–Crippen MR) is 136 cm³/mol. The van der Waals surface area contributed by atoms with Gasteiger partial charge in [0.25, 0.3) is 5.91 Å². The molecule has 8 nitrogen and oxygen atoms in total. The molecule has 1 aromatic heterocycles. The summed E-state index contributed by atoms with van der Waals surface area (Å²) in [7, 11) is -1.79. The number of methoxy groups -OCH3 is 1. The van der Waals surface area contributed by atoms with Crippen LogP contribution in [0.25, 0.3) is 10.2 Å². The molecule has 0 aliphatic carbocycles. The highest BCUT2D eigenvalue weighted by atomic mass is 32.2. The van der Waals surface area contributed by atoms with E-state index in [0.717, 1.165) is 47.3 Å². The minimum atomic E-state index is -3.46. The Kier molecular flexibility index (Phi) is 7.39. The smallest absolute Gasteiger partial charge is 0.252 e. The van der Waals surface area contributed by atoms with E-state index >= 15 is 0 Å². The van der Waals surface area contributed by atoms with E-state index in [-0.39, 0.29) is 22.1 Å². The summed E-state index contributed by atoms with van der Waals surface area (Å²) < 4.78 is 31.2.